The van der Waals surface area contributed by atoms with Crippen LogP contribution in [0.15, 0.2) is 60.9 Å². The first kappa shape index (κ1) is 20.2. The van der Waals surface area contributed by atoms with Gasteiger partial charge in [-0.1, -0.05) is 23.5 Å². The van der Waals surface area contributed by atoms with Gasteiger partial charge in [-0.3, -0.25) is 14.7 Å². The van der Waals surface area contributed by atoms with Crippen LogP contribution in [0.2, 0.25) is 0 Å². The van der Waals surface area contributed by atoms with E-state index in [9.17, 15) is 4.79 Å². The monoisotopic (exact) mass is 443 g/mol. The molecule has 0 N–H and O–H groups in total. The van der Waals surface area contributed by atoms with Gasteiger partial charge in [0, 0.05) is 18.5 Å². The second kappa shape index (κ2) is 8.43. The van der Waals surface area contributed by atoms with E-state index < -0.39 is 0 Å². The summed E-state index contributed by atoms with van der Waals surface area (Å²) in [5.41, 5.74) is 5.09. The number of rotatable bonds is 5. The normalized spacial score (nSPS) is 12.6. The Labute approximate surface area is 189 Å². The maximum Gasteiger partial charge on any atom is 0.253 e. The number of benzene rings is 2. The fourth-order valence-electron chi connectivity index (χ4n) is 3.47. The van der Waals surface area contributed by atoms with Gasteiger partial charge in [-0.2, -0.15) is 0 Å². The number of hydrogen-bond donors (Lipinski definition) is 0. The molecule has 0 aliphatic carbocycles. The number of pyridine rings is 1. The molecule has 0 fully saturated rings. The van der Waals surface area contributed by atoms with E-state index in [4.69, 9.17) is 14.5 Å². The number of fused-ring (bicyclic) bond motifs is 2. The number of carbonyl (C=O) groups excluding carboxylic acids is 1. The van der Waals surface area contributed by atoms with Gasteiger partial charge in [0.2, 0.25) is 6.79 Å². The van der Waals surface area contributed by atoms with Crippen LogP contribution in [0, 0.1) is 13.8 Å². The summed E-state index contributed by atoms with van der Waals surface area (Å²) in [7, 11) is 0. The van der Waals surface area contributed by atoms with Gasteiger partial charge in [-0.25, -0.2) is 4.98 Å². The molecule has 5 rings (SSSR count). The summed E-state index contributed by atoms with van der Waals surface area (Å²) in [6.07, 6.45) is 6.83. The van der Waals surface area contributed by atoms with Crippen molar-refractivity contribution in [1.29, 1.82) is 0 Å². The zero-order valence-corrected chi connectivity index (χ0v) is 18.6. The van der Waals surface area contributed by atoms with Crippen molar-refractivity contribution >= 4 is 38.7 Å². The smallest absolute Gasteiger partial charge is 0.253 e. The van der Waals surface area contributed by atoms with E-state index in [1.807, 2.05) is 30.3 Å². The Bertz CT molecular complexity index is 1290. The Kier molecular flexibility index (Phi) is 5.33. The molecule has 0 atom stereocenters. The number of thiazole rings is 1. The Morgan fingerprint density at radius 3 is 2.81 bits per heavy atom. The topological polar surface area (TPSA) is 64.6 Å². The zero-order chi connectivity index (χ0) is 22.1. The van der Waals surface area contributed by atoms with Crippen LogP contribution >= 0.6 is 11.3 Å². The molecule has 0 unspecified atom stereocenters. The highest BCUT2D eigenvalue weighted by Crippen LogP contribution is 2.34. The first-order valence-electron chi connectivity index (χ1n) is 10.2. The average Bonchev–Trinajstić information content (AvgIpc) is 3.43. The van der Waals surface area contributed by atoms with E-state index in [0.29, 0.717) is 23.2 Å². The fraction of sp³-hybridized carbons (Fsp3) is 0.160. The van der Waals surface area contributed by atoms with Crippen molar-refractivity contribution in [3.8, 4) is 11.5 Å². The number of carbonyl (C=O) groups is 1. The average molecular weight is 444 g/mol. The molecule has 3 heterocycles. The minimum Gasteiger partial charge on any atom is -0.454 e. The first-order chi connectivity index (χ1) is 15.6. The van der Waals surface area contributed by atoms with Crippen molar-refractivity contribution in [2.45, 2.75) is 20.4 Å². The molecule has 2 aromatic carbocycles. The molecule has 1 amide bonds. The third-order valence-electron chi connectivity index (χ3n) is 5.37. The van der Waals surface area contributed by atoms with Gasteiger partial charge in [-0.05, 0) is 72.5 Å². The lowest BCUT2D eigenvalue weighted by atomic mass is 10.1. The Morgan fingerprint density at radius 2 is 1.97 bits per heavy atom. The lowest BCUT2D eigenvalue weighted by Gasteiger charge is -2.18. The maximum atomic E-state index is 13.3. The molecular formula is C25H21N3O3S. The van der Waals surface area contributed by atoms with Gasteiger partial charge in [0.25, 0.3) is 5.91 Å². The van der Waals surface area contributed by atoms with Crippen LogP contribution < -0.4 is 14.4 Å². The van der Waals surface area contributed by atoms with E-state index in [0.717, 1.165) is 21.3 Å². The molecule has 0 radical (unpaired) electrons. The minimum atomic E-state index is -0.154. The Hall–Kier alpha value is -3.71. The van der Waals surface area contributed by atoms with Gasteiger partial charge < -0.3 is 9.47 Å². The van der Waals surface area contributed by atoms with Crippen LogP contribution in [0.3, 0.4) is 0 Å². The number of hydrogen-bond acceptors (Lipinski definition) is 6. The number of aromatic nitrogens is 2. The highest BCUT2D eigenvalue weighted by Gasteiger charge is 2.19. The second-order valence-corrected chi connectivity index (χ2v) is 8.64. The summed E-state index contributed by atoms with van der Waals surface area (Å²) in [5.74, 6) is 1.24. The van der Waals surface area contributed by atoms with Crippen LogP contribution in [-0.4, -0.2) is 22.7 Å². The largest absolute Gasteiger partial charge is 0.454 e. The molecule has 7 heteroatoms. The predicted molar refractivity (Wildman–Crippen MR) is 126 cm³/mol. The van der Waals surface area contributed by atoms with Gasteiger partial charge in [0.1, 0.15) is 0 Å². The molecule has 6 nitrogen and oxygen atoms in total. The predicted octanol–water partition coefficient (Wildman–Crippen LogP) is 5.28. The van der Waals surface area contributed by atoms with Crippen molar-refractivity contribution in [3.05, 3.63) is 83.2 Å². The molecule has 1 aliphatic heterocycles. The summed E-state index contributed by atoms with van der Waals surface area (Å²) < 4.78 is 11.8. The zero-order valence-electron chi connectivity index (χ0n) is 17.7. The van der Waals surface area contributed by atoms with Gasteiger partial charge >= 0.3 is 0 Å². The highest BCUT2D eigenvalue weighted by molar-refractivity contribution is 7.22. The molecule has 2 aromatic heterocycles. The molecule has 0 saturated carbocycles. The quantitative estimate of drug-likeness (QED) is 0.393. The lowest BCUT2D eigenvalue weighted by Crippen LogP contribution is -2.28. The standard InChI is InChI=1S/C25H21N3O3S/c1-16-10-20-23(11-17(16)2)32-25(27-20)28(14-19-4-3-9-26-13-19)24(29)8-6-18-5-7-21-22(12-18)31-15-30-21/h3-13H,14-15H2,1-2H3/b8-6+. The summed E-state index contributed by atoms with van der Waals surface area (Å²) >= 11 is 1.52. The number of amides is 1. The van der Waals surface area contributed by atoms with Gasteiger partial charge in [-0.15, -0.1) is 0 Å². The van der Waals surface area contributed by atoms with Gasteiger partial charge in [0.05, 0.1) is 16.8 Å². The molecular weight excluding hydrogens is 422 g/mol. The van der Waals surface area contributed by atoms with Crippen molar-refractivity contribution in [3.63, 3.8) is 0 Å². The number of nitrogens with zero attached hydrogens (tertiary/aromatic N) is 3. The minimum absolute atomic E-state index is 0.154. The fourth-order valence-corrected chi connectivity index (χ4v) is 4.52. The molecule has 4 aromatic rings. The van der Waals surface area contributed by atoms with E-state index in [1.165, 1.54) is 22.5 Å². The summed E-state index contributed by atoms with van der Waals surface area (Å²) in [5, 5.41) is 0.661. The van der Waals surface area contributed by atoms with Crippen molar-refractivity contribution in [1.82, 2.24) is 9.97 Å². The molecule has 1 aliphatic rings. The van der Waals surface area contributed by atoms with E-state index in [-0.39, 0.29) is 12.7 Å². The Balaban J connectivity index is 1.47. The van der Waals surface area contributed by atoms with Crippen LogP contribution in [0.1, 0.15) is 22.3 Å². The maximum absolute atomic E-state index is 13.3. The molecule has 0 spiro atoms. The summed E-state index contributed by atoms with van der Waals surface area (Å²) in [4.78, 5) is 23.9. The highest BCUT2D eigenvalue weighted by atomic mass is 32.1. The van der Waals surface area contributed by atoms with Crippen LogP contribution in [0.5, 0.6) is 11.5 Å². The SMILES string of the molecule is Cc1cc2nc(N(Cc3cccnc3)C(=O)/C=C/c3ccc4c(c3)OCO4)sc2cc1C. The molecule has 0 saturated heterocycles. The molecule has 160 valence electrons. The molecule has 0 bridgehead atoms. The van der Waals surface area contributed by atoms with Crippen LogP contribution in [0.25, 0.3) is 16.3 Å². The van der Waals surface area contributed by atoms with Crippen LogP contribution in [0.4, 0.5) is 5.13 Å². The number of aryl methyl sites for hydroxylation is 2. The Morgan fingerprint density at radius 1 is 1.12 bits per heavy atom. The first-order valence-corrected chi connectivity index (χ1v) is 11.0. The third-order valence-corrected chi connectivity index (χ3v) is 6.41. The van der Waals surface area contributed by atoms with Crippen molar-refractivity contribution < 1.29 is 14.3 Å². The summed E-state index contributed by atoms with van der Waals surface area (Å²) in [6, 6.07) is 13.6. The van der Waals surface area contributed by atoms with E-state index in [2.05, 4.69) is 31.0 Å². The lowest BCUT2D eigenvalue weighted by molar-refractivity contribution is -0.114. The van der Waals surface area contributed by atoms with Crippen LogP contribution in [-0.2, 0) is 11.3 Å². The van der Waals surface area contributed by atoms with E-state index in [1.54, 1.807) is 29.4 Å². The van der Waals surface area contributed by atoms with Crippen molar-refractivity contribution in [2.24, 2.45) is 0 Å². The van der Waals surface area contributed by atoms with E-state index >= 15 is 0 Å². The number of anilines is 1. The van der Waals surface area contributed by atoms with Gasteiger partial charge in [0.15, 0.2) is 16.6 Å². The second-order valence-electron chi connectivity index (χ2n) is 7.63. The molecule has 32 heavy (non-hydrogen) atoms. The van der Waals surface area contributed by atoms with Crippen molar-refractivity contribution in [2.75, 3.05) is 11.7 Å². The summed E-state index contributed by atoms with van der Waals surface area (Å²) in [6.45, 7) is 4.76. The number of ether oxygens (including phenoxy) is 2. The third kappa shape index (κ3) is 4.07.